The molecule has 2 aromatic heterocycles. The summed E-state index contributed by atoms with van der Waals surface area (Å²) in [4.78, 5) is 33.6. The van der Waals surface area contributed by atoms with Crippen molar-refractivity contribution in [3.05, 3.63) is 48.6 Å². The number of aromatic nitrogens is 4. The summed E-state index contributed by atoms with van der Waals surface area (Å²) in [6, 6.07) is 2.70. The van der Waals surface area contributed by atoms with Crippen molar-refractivity contribution in [3.8, 4) is 0 Å². The third-order valence-electron chi connectivity index (χ3n) is 2.49. The maximum absolute atomic E-state index is 13.1. The number of rotatable bonds is 5. The normalized spacial score (nSPS) is 11.1. The monoisotopic (exact) mass is 376 g/mol. The molecular formula is C14H12F4N4O4. The highest BCUT2D eigenvalue weighted by Crippen LogP contribution is 2.25. The second-order valence-corrected chi connectivity index (χ2v) is 4.32. The molecule has 0 aliphatic carbocycles. The molecule has 0 saturated heterocycles. The van der Waals surface area contributed by atoms with Gasteiger partial charge < -0.3 is 9.84 Å². The van der Waals surface area contributed by atoms with Crippen molar-refractivity contribution < 1.29 is 37.0 Å². The Balaban J connectivity index is 0.000000263. The summed E-state index contributed by atoms with van der Waals surface area (Å²) in [6.45, 7) is 1.33. The summed E-state index contributed by atoms with van der Waals surface area (Å²) < 4.78 is 55.6. The molecule has 2 heterocycles. The van der Waals surface area contributed by atoms with Gasteiger partial charge in [0.05, 0.1) is 6.61 Å². The van der Waals surface area contributed by atoms with Gasteiger partial charge in [-0.15, -0.1) is 0 Å². The predicted molar refractivity (Wildman–Crippen MR) is 76.1 cm³/mol. The van der Waals surface area contributed by atoms with Crippen LogP contribution in [0.5, 0.6) is 0 Å². The van der Waals surface area contributed by atoms with Crippen LogP contribution in [-0.2, 0) is 26.2 Å². The van der Waals surface area contributed by atoms with E-state index >= 15 is 0 Å². The first-order chi connectivity index (χ1) is 12.1. The van der Waals surface area contributed by atoms with Crippen molar-refractivity contribution in [2.75, 3.05) is 6.61 Å². The third-order valence-corrected chi connectivity index (χ3v) is 2.49. The van der Waals surface area contributed by atoms with Crippen LogP contribution in [0.2, 0.25) is 0 Å². The summed E-state index contributed by atoms with van der Waals surface area (Å²) >= 11 is 0. The summed E-state index contributed by atoms with van der Waals surface area (Å²) in [5, 5.41) is 8.06. The van der Waals surface area contributed by atoms with Gasteiger partial charge in [-0.25, -0.2) is 29.5 Å². The van der Waals surface area contributed by atoms with Crippen molar-refractivity contribution >= 4 is 11.9 Å². The van der Waals surface area contributed by atoms with Crippen molar-refractivity contribution in [1.82, 2.24) is 19.9 Å². The molecule has 0 saturated carbocycles. The van der Waals surface area contributed by atoms with Gasteiger partial charge >= 0.3 is 23.8 Å². The Morgan fingerprint density at radius 3 is 1.65 bits per heavy atom. The van der Waals surface area contributed by atoms with Crippen LogP contribution in [-0.4, -0.2) is 43.6 Å². The predicted octanol–water partition coefficient (Wildman–Crippen LogP) is 1.78. The number of esters is 1. The number of carboxylic acid groups (broad SMARTS) is 1. The first kappa shape index (κ1) is 20.9. The maximum Gasteiger partial charge on any atom is 0.401 e. The minimum absolute atomic E-state index is 0.110. The molecule has 26 heavy (non-hydrogen) atoms. The number of nitrogens with zero attached hydrogens (tertiary/aromatic N) is 4. The second kappa shape index (κ2) is 8.78. The van der Waals surface area contributed by atoms with Crippen LogP contribution >= 0.6 is 0 Å². The van der Waals surface area contributed by atoms with E-state index in [4.69, 9.17) is 5.11 Å². The van der Waals surface area contributed by atoms with Crippen LogP contribution in [0.3, 0.4) is 0 Å². The van der Waals surface area contributed by atoms with Crippen LogP contribution in [0, 0.1) is 0 Å². The van der Waals surface area contributed by atoms with Crippen LogP contribution in [0.4, 0.5) is 17.6 Å². The van der Waals surface area contributed by atoms with Crippen molar-refractivity contribution in [2.45, 2.75) is 18.8 Å². The van der Waals surface area contributed by atoms with Gasteiger partial charge in [-0.1, -0.05) is 0 Å². The summed E-state index contributed by atoms with van der Waals surface area (Å²) in [6.07, 6.45) is 4.38. The van der Waals surface area contributed by atoms with E-state index < -0.39 is 35.4 Å². The first-order valence-electron chi connectivity index (χ1n) is 6.85. The minimum Gasteiger partial charge on any atom is -0.476 e. The fraction of sp³-hybridized carbons (Fsp3) is 0.286. The topological polar surface area (TPSA) is 115 Å². The van der Waals surface area contributed by atoms with E-state index in [1.807, 2.05) is 0 Å². The molecule has 2 aromatic rings. The van der Waals surface area contributed by atoms with E-state index in [1.165, 1.54) is 19.1 Å². The molecule has 0 atom stereocenters. The lowest BCUT2D eigenvalue weighted by molar-refractivity contribution is -0.174. The van der Waals surface area contributed by atoms with Crippen LogP contribution in [0.1, 0.15) is 18.6 Å². The van der Waals surface area contributed by atoms with Crippen molar-refractivity contribution in [2.24, 2.45) is 0 Å². The SMILES string of the molecule is CCOC(=O)C(F)(F)c1ncccn1.O=C(O)C(F)(F)c1ncccn1. The molecular weight excluding hydrogens is 364 g/mol. The number of aliphatic carboxylic acids is 1. The molecule has 2 rings (SSSR count). The molecule has 0 fully saturated rings. The molecule has 0 amide bonds. The van der Waals surface area contributed by atoms with Crippen molar-refractivity contribution in [3.63, 3.8) is 0 Å². The highest BCUT2D eigenvalue weighted by atomic mass is 19.3. The molecule has 1 N–H and O–H groups in total. The van der Waals surface area contributed by atoms with Gasteiger partial charge in [-0.3, -0.25) is 0 Å². The van der Waals surface area contributed by atoms with E-state index in [0.29, 0.717) is 0 Å². The Kier molecular flexibility index (Phi) is 7.05. The number of ether oxygens (including phenoxy) is 1. The molecule has 0 unspecified atom stereocenters. The Morgan fingerprint density at radius 2 is 1.31 bits per heavy atom. The van der Waals surface area contributed by atoms with Gasteiger partial charge in [0.15, 0.2) is 0 Å². The Labute approximate surface area is 143 Å². The number of hydrogen-bond acceptors (Lipinski definition) is 7. The zero-order chi connectivity index (χ0) is 19.8. The highest BCUT2D eigenvalue weighted by molar-refractivity contribution is 5.78. The molecule has 0 aliphatic heterocycles. The largest absolute Gasteiger partial charge is 0.476 e. The Hall–Kier alpha value is -3.18. The molecule has 12 heteroatoms. The van der Waals surface area contributed by atoms with Crippen molar-refractivity contribution in [1.29, 1.82) is 0 Å². The minimum atomic E-state index is -4.01. The van der Waals surface area contributed by atoms with Gasteiger partial charge in [0.25, 0.3) is 0 Å². The molecule has 8 nitrogen and oxygen atoms in total. The first-order valence-corrected chi connectivity index (χ1v) is 6.85. The second-order valence-electron chi connectivity index (χ2n) is 4.32. The third kappa shape index (κ3) is 5.16. The lowest BCUT2D eigenvalue weighted by atomic mass is 10.3. The van der Waals surface area contributed by atoms with Crippen LogP contribution < -0.4 is 0 Å². The zero-order valence-electron chi connectivity index (χ0n) is 13.1. The van der Waals surface area contributed by atoms with E-state index in [0.717, 1.165) is 24.8 Å². The standard InChI is InChI=1S/C8H8F2N2O2.C6H4F2N2O2/c1-2-14-7(13)8(9,10)6-11-4-3-5-12-6;7-6(8,5(11)12)4-9-2-1-3-10-4/h3-5H,2H2,1H3;1-3H,(H,11,12). The molecule has 0 bridgehead atoms. The molecule has 0 aromatic carbocycles. The Bertz CT molecular complexity index is 732. The lowest BCUT2D eigenvalue weighted by Gasteiger charge is -2.11. The zero-order valence-corrected chi connectivity index (χ0v) is 13.1. The maximum atomic E-state index is 13.1. The molecule has 140 valence electrons. The number of hydrogen-bond donors (Lipinski definition) is 1. The quantitative estimate of drug-likeness (QED) is 0.620. The van der Waals surface area contributed by atoms with E-state index in [2.05, 4.69) is 24.7 Å². The number of halogens is 4. The Morgan fingerprint density at radius 1 is 0.923 bits per heavy atom. The number of carbonyl (C=O) groups excluding carboxylic acids is 1. The average molecular weight is 376 g/mol. The number of carbonyl (C=O) groups is 2. The molecule has 0 aliphatic rings. The van der Waals surface area contributed by atoms with Gasteiger partial charge in [0, 0.05) is 24.8 Å². The molecule has 0 radical (unpaired) electrons. The number of alkyl halides is 4. The average Bonchev–Trinajstić information content (AvgIpc) is 2.64. The summed E-state index contributed by atoms with van der Waals surface area (Å²) in [5.74, 6) is -13.5. The molecule has 0 spiro atoms. The van der Waals surface area contributed by atoms with Gasteiger partial charge in [-0.2, -0.15) is 17.6 Å². The summed E-state index contributed by atoms with van der Waals surface area (Å²) in [5.41, 5.74) is 0. The van der Waals surface area contributed by atoms with Crippen LogP contribution in [0.15, 0.2) is 36.9 Å². The van der Waals surface area contributed by atoms with E-state index in [9.17, 15) is 27.2 Å². The van der Waals surface area contributed by atoms with E-state index in [-0.39, 0.29) is 6.61 Å². The van der Waals surface area contributed by atoms with Gasteiger partial charge in [0.2, 0.25) is 11.6 Å². The summed E-state index contributed by atoms with van der Waals surface area (Å²) in [7, 11) is 0. The fourth-order valence-corrected chi connectivity index (χ4v) is 1.33. The van der Waals surface area contributed by atoms with Gasteiger partial charge in [-0.05, 0) is 19.1 Å². The van der Waals surface area contributed by atoms with Gasteiger partial charge in [0.1, 0.15) is 0 Å². The fourth-order valence-electron chi connectivity index (χ4n) is 1.33. The van der Waals surface area contributed by atoms with E-state index in [1.54, 1.807) is 0 Å². The number of carboxylic acids is 1. The lowest BCUT2D eigenvalue weighted by Crippen LogP contribution is -2.30. The highest BCUT2D eigenvalue weighted by Gasteiger charge is 2.46. The van der Waals surface area contributed by atoms with Crippen LogP contribution in [0.25, 0.3) is 0 Å². The smallest absolute Gasteiger partial charge is 0.401 e.